The molecule has 4 nitrogen and oxygen atoms in total. The van der Waals surface area contributed by atoms with E-state index in [0.29, 0.717) is 30.6 Å². The Morgan fingerprint density at radius 3 is 2.35 bits per heavy atom. The van der Waals surface area contributed by atoms with Crippen LogP contribution in [0.4, 0.5) is 0 Å². The van der Waals surface area contributed by atoms with E-state index in [1.165, 1.54) is 0 Å². The van der Waals surface area contributed by atoms with Crippen molar-refractivity contribution in [2.75, 3.05) is 6.61 Å². The summed E-state index contributed by atoms with van der Waals surface area (Å²) in [4.78, 5) is 26.5. The topological polar surface area (TPSA) is 55.4 Å². The number of esters is 1. The number of benzene rings is 2. The molecule has 1 atom stereocenters. The summed E-state index contributed by atoms with van der Waals surface area (Å²) in [6.45, 7) is 6.42. The average Bonchev–Trinajstić information content (AvgIpc) is 2.73. The summed E-state index contributed by atoms with van der Waals surface area (Å²) in [5, 5.41) is 3.38. The van der Waals surface area contributed by atoms with Crippen molar-refractivity contribution < 1.29 is 14.3 Å². The first-order valence-corrected chi connectivity index (χ1v) is 10.9. The summed E-state index contributed by atoms with van der Waals surface area (Å²) in [6, 6.07) is 19.8. The van der Waals surface area contributed by atoms with Gasteiger partial charge in [-0.25, -0.2) is 4.79 Å². The monoisotopic (exact) mass is 415 g/mol. The maximum absolute atomic E-state index is 13.2. The first-order chi connectivity index (χ1) is 14.9. The van der Waals surface area contributed by atoms with Crippen LogP contribution in [0.1, 0.15) is 50.7 Å². The van der Waals surface area contributed by atoms with E-state index in [9.17, 15) is 9.59 Å². The predicted molar refractivity (Wildman–Crippen MR) is 121 cm³/mol. The fourth-order valence-corrected chi connectivity index (χ4v) is 4.67. The SMILES string of the molecule is CC1=C(C(=O)OCCc2ccccc2)[C@@H](c2ccccc2)C2=C(CC(C)(C)CC2=O)N1. The lowest BCUT2D eigenvalue weighted by molar-refractivity contribution is -0.139. The van der Waals surface area contributed by atoms with Crippen LogP contribution < -0.4 is 5.32 Å². The third-order valence-electron chi connectivity index (χ3n) is 6.06. The fraction of sp³-hybridized carbons (Fsp3) is 0.333. The van der Waals surface area contributed by atoms with Gasteiger partial charge in [-0.3, -0.25) is 4.79 Å². The quantitative estimate of drug-likeness (QED) is 0.692. The number of carbonyl (C=O) groups excluding carboxylic acids is 2. The van der Waals surface area contributed by atoms with Crippen molar-refractivity contribution in [1.82, 2.24) is 5.32 Å². The molecule has 2 aromatic rings. The molecular formula is C27H29NO3. The summed E-state index contributed by atoms with van der Waals surface area (Å²) in [5.41, 5.74) is 4.92. The van der Waals surface area contributed by atoms with Gasteiger partial charge in [-0.05, 0) is 29.9 Å². The Kier molecular flexibility index (Phi) is 5.81. The number of allylic oxidation sites excluding steroid dienone is 3. The Hall–Kier alpha value is -3.14. The fourth-order valence-electron chi connectivity index (χ4n) is 4.67. The zero-order valence-electron chi connectivity index (χ0n) is 18.4. The molecule has 0 amide bonds. The molecule has 31 heavy (non-hydrogen) atoms. The highest BCUT2D eigenvalue weighted by Gasteiger charge is 2.43. The van der Waals surface area contributed by atoms with Crippen molar-refractivity contribution in [3.8, 4) is 0 Å². The Labute approximate surface area is 184 Å². The van der Waals surface area contributed by atoms with Crippen LogP contribution >= 0.6 is 0 Å². The molecule has 4 heteroatoms. The van der Waals surface area contributed by atoms with Crippen LogP contribution in [0, 0.1) is 5.41 Å². The molecule has 1 aliphatic heterocycles. The van der Waals surface area contributed by atoms with Gasteiger partial charge in [-0.15, -0.1) is 0 Å². The molecule has 2 aromatic carbocycles. The molecule has 1 aliphatic carbocycles. The number of ether oxygens (including phenoxy) is 1. The van der Waals surface area contributed by atoms with Gasteiger partial charge in [0, 0.05) is 35.7 Å². The van der Waals surface area contributed by atoms with Gasteiger partial charge in [0.15, 0.2) is 5.78 Å². The lowest BCUT2D eigenvalue weighted by Crippen LogP contribution is -2.38. The smallest absolute Gasteiger partial charge is 0.336 e. The number of ketones is 1. The molecule has 0 unspecified atom stereocenters. The number of dihydropyridines is 1. The highest BCUT2D eigenvalue weighted by Crippen LogP contribution is 2.46. The van der Waals surface area contributed by atoms with Gasteiger partial charge in [0.05, 0.1) is 12.2 Å². The minimum absolute atomic E-state index is 0.0991. The van der Waals surface area contributed by atoms with Crippen molar-refractivity contribution in [1.29, 1.82) is 0 Å². The van der Waals surface area contributed by atoms with Crippen molar-refractivity contribution in [2.45, 2.75) is 46.0 Å². The largest absolute Gasteiger partial charge is 0.462 e. The van der Waals surface area contributed by atoms with Crippen LogP contribution in [0.5, 0.6) is 0 Å². The van der Waals surface area contributed by atoms with E-state index in [4.69, 9.17) is 4.74 Å². The Balaban J connectivity index is 1.64. The molecule has 0 aromatic heterocycles. The standard InChI is InChI=1S/C27H29NO3/c1-18-23(26(30)31-15-14-19-10-6-4-7-11-19)24(20-12-8-5-9-13-20)25-21(28-18)16-27(2,3)17-22(25)29/h4-13,24,28H,14-17H2,1-3H3/t24-/m1/s1. The van der Waals surface area contributed by atoms with Gasteiger partial charge in [0.1, 0.15) is 0 Å². The summed E-state index contributed by atoms with van der Waals surface area (Å²) in [6.07, 6.45) is 1.92. The lowest BCUT2D eigenvalue weighted by atomic mass is 9.68. The third-order valence-corrected chi connectivity index (χ3v) is 6.06. The van der Waals surface area contributed by atoms with Crippen molar-refractivity contribution in [3.63, 3.8) is 0 Å². The molecular weight excluding hydrogens is 386 g/mol. The number of hydrogen-bond donors (Lipinski definition) is 1. The molecule has 0 spiro atoms. The second-order valence-corrected chi connectivity index (χ2v) is 9.21. The lowest BCUT2D eigenvalue weighted by Gasteiger charge is -2.39. The first-order valence-electron chi connectivity index (χ1n) is 10.9. The van der Waals surface area contributed by atoms with Crippen LogP contribution in [-0.2, 0) is 20.7 Å². The van der Waals surface area contributed by atoms with Gasteiger partial charge in [0.25, 0.3) is 0 Å². The Morgan fingerprint density at radius 1 is 1.03 bits per heavy atom. The Morgan fingerprint density at radius 2 is 1.68 bits per heavy atom. The zero-order valence-corrected chi connectivity index (χ0v) is 18.4. The van der Waals surface area contributed by atoms with Gasteiger partial charge < -0.3 is 10.1 Å². The summed E-state index contributed by atoms with van der Waals surface area (Å²) < 4.78 is 5.69. The maximum Gasteiger partial charge on any atom is 0.336 e. The number of nitrogens with one attached hydrogen (secondary N) is 1. The van der Waals surface area contributed by atoms with Crippen LogP contribution in [0.3, 0.4) is 0 Å². The van der Waals surface area contributed by atoms with E-state index >= 15 is 0 Å². The Bertz CT molecular complexity index is 1050. The predicted octanol–water partition coefficient (Wildman–Crippen LogP) is 5.08. The van der Waals surface area contributed by atoms with Gasteiger partial charge >= 0.3 is 5.97 Å². The zero-order chi connectivity index (χ0) is 22.0. The van der Waals surface area contributed by atoms with E-state index in [-0.39, 0.29) is 17.2 Å². The second kappa shape index (κ2) is 8.54. The number of hydrogen-bond acceptors (Lipinski definition) is 4. The minimum atomic E-state index is -0.398. The number of rotatable bonds is 5. The number of Topliss-reactive ketones (excluding diaryl/α,β-unsaturated/α-hetero) is 1. The maximum atomic E-state index is 13.2. The van der Waals surface area contributed by atoms with Crippen LogP contribution in [0.15, 0.2) is 83.2 Å². The van der Waals surface area contributed by atoms with Gasteiger partial charge in [-0.2, -0.15) is 0 Å². The average molecular weight is 416 g/mol. The van der Waals surface area contributed by atoms with Crippen LogP contribution in [0.2, 0.25) is 0 Å². The van der Waals surface area contributed by atoms with Crippen LogP contribution in [0.25, 0.3) is 0 Å². The van der Waals surface area contributed by atoms with Crippen LogP contribution in [-0.4, -0.2) is 18.4 Å². The molecule has 4 rings (SSSR count). The molecule has 0 fully saturated rings. The summed E-state index contributed by atoms with van der Waals surface area (Å²) in [7, 11) is 0. The molecule has 0 bridgehead atoms. The first kappa shape index (κ1) is 21.1. The number of carbonyl (C=O) groups is 2. The van der Waals surface area contributed by atoms with Crippen molar-refractivity contribution >= 4 is 11.8 Å². The third kappa shape index (κ3) is 4.48. The highest BCUT2D eigenvalue weighted by atomic mass is 16.5. The van der Waals surface area contributed by atoms with E-state index in [2.05, 4.69) is 19.2 Å². The molecule has 1 heterocycles. The minimum Gasteiger partial charge on any atom is -0.462 e. The van der Waals surface area contributed by atoms with Gasteiger partial charge in [-0.1, -0.05) is 74.5 Å². The highest BCUT2D eigenvalue weighted by molar-refractivity contribution is 6.04. The second-order valence-electron chi connectivity index (χ2n) is 9.21. The molecule has 0 saturated heterocycles. The molecule has 1 N–H and O–H groups in total. The normalized spacial score (nSPS) is 20.2. The van der Waals surface area contributed by atoms with E-state index in [1.807, 2.05) is 67.6 Å². The summed E-state index contributed by atoms with van der Waals surface area (Å²) in [5.74, 6) is -0.654. The molecule has 0 saturated carbocycles. The van der Waals surface area contributed by atoms with E-state index in [0.717, 1.165) is 28.9 Å². The van der Waals surface area contributed by atoms with E-state index < -0.39 is 5.92 Å². The van der Waals surface area contributed by atoms with Crippen molar-refractivity contribution in [2.24, 2.45) is 5.41 Å². The van der Waals surface area contributed by atoms with Crippen molar-refractivity contribution in [3.05, 3.63) is 94.3 Å². The summed E-state index contributed by atoms with van der Waals surface area (Å²) >= 11 is 0. The van der Waals surface area contributed by atoms with E-state index in [1.54, 1.807) is 0 Å². The molecule has 160 valence electrons. The molecule has 0 radical (unpaired) electrons. The molecule has 2 aliphatic rings. The van der Waals surface area contributed by atoms with Gasteiger partial charge in [0.2, 0.25) is 0 Å².